The molecule has 0 spiro atoms. The zero-order valence-electron chi connectivity index (χ0n) is 14.2. The van der Waals surface area contributed by atoms with Gasteiger partial charge in [0.25, 0.3) is 0 Å². The van der Waals surface area contributed by atoms with Crippen molar-refractivity contribution in [3.8, 4) is 5.75 Å². The Kier molecular flexibility index (Phi) is 4.54. The highest BCUT2D eigenvalue weighted by Gasteiger charge is 2.33. The first-order chi connectivity index (χ1) is 11.4. The largest absolute Gasteiger partial charge is 0.496 e. The summed E-state index contributed by atoms with van der Waals surface area (Å²) < 4.78 is 30.9. The van der Waals surface area contributed by atoms with Crippen LogP contribution in [-0.4, -0.2) is 21.8 Å². The maximum atomic E-state index is 11.4. The molecular weight excluding hydrogens is 322 g/mol. The minimum atomic E-state index is -3.28. The van der Waals surface area contributed by atoms with E-state index in [2.05, 4.69) is 35.9 Å². The summed E-state index contributed by atoms with van der Waals surface area (Å²) in [4.78, 5) is 0. The lowest BCUT2D eigenvalue weighted by Crippen LogP contribution is -2.21. The van der Waals surface area contributed by atoms with Crippen LogP contribution in [-0.2, 0) is 10.0 Å². The second kappa shape index (κ2) is 6.48. The average molecular weight is 345 g/mol. The van der Waals surface area contributed by atoms with Crippen molar-refractivity contribution in [2.75, 3.05) is 18.1 Å². The molecule has 0 unspecified atom stereocenters. The molecule has 1 N–H and O–H groups in total. The quantitative estimate of drug-likeness (QED) is 0.890. The molecule has 5 heteroatoms. The number of anilines is 1. The predicted molar refractivity (Wildman–Crippen MR) is 97.4 cm³/mol. The first-order valence-corrected chi connectivity index (χ1v) is 9.97. The summed E-state index contributed by atoms with van der Waals surface area (Å²) in [6, 6.07) is 14.1. The van der Waals surface area contributed by atoms with Crippen LogP contribution in [0.1, 0.15) is 41.4 Å². The third kappa shape index (κ3) is 3.73. The van der Waals surface area contributed by atoms with Crippen LogP contribution in [0.4, 0.5) is 5.69 Å². The molecule has 0 aromatic heterocycles. The van der Waals surface area contributed by atoms with Crippen molar-refractivity contribution in [1.29, 1.82) is 0 Å². The highest BCUT2D eigenvalue weighted by molar-refractivity contribution is 7.92. The van der Waals surface area contributed by atoms with E-state index < -0.39 is 10.0 Å². The van der Waals surface area contributed by atoms with Gasteiger partial charge in [-0.05, 0) is 60.9 Å². The van der Waals surface area contributed by atoms with Crippen molar-refractivity contribution in [3.05, 3.63) is 59.2 Å². The molecule has 0 radical (unpaired) electrons. The summed E-state index contributed by atoms with van der Waals surface area (Å²) in [5.74, 6) is 1.78. The van der Waals surface area contributed by atoms with Crippen molar-refractivity contribution in [2.24, 2.45) is 0 Å². The van der Waals surface area contributed by atoms with Gasteiger partial charge in [-0.3, -0.25) is 4.72 Å². The zero-order chi connectivity index (χ0) is 17.3. The SMILES string of the molecule is COc1ccc(NS(C)(=O)=O)cc1C1CC(c2cccc(C)c2)C1. The number of methoxy groups -OCH3 is 1. The average Bonchev–Trinajstić information content (AvgIpc) is 2.44. The topological polar surface area (TPSA) is 55.4 Å². The van der Waals surface area contributed by atoms with Crippen LogP contribution in [0, 0.1) is 6.92 Å². The fourth-order valence-corrected chi connectivity index (χ4v) is 3.95. The molecule has 2 aromatic rings. The van der Waals surface area contributed by atoms with Crippen LogP contribution in [0.5, 0.6) is 5.75 Å². The normalized spacial score (nSPS) is 20.3. The summed E-state index contributed by atoms with van der Waals surface area (Å²) in [5.41, 5.74) is 4.34. The maximum Gasteiger partial charge on any atom is 0.229 e. The molecule has 1 fully saturated rings. The Labute approximate surface area is 143 Å². The Bertz CT molecular complexity index is 839. The van der Waals surface area contributed by atoms with Crippen LogP contribution in [0.25, 0.3) is 0 Å². The van der Waals surface area contributed by atoms with Gasteiger partial charge in [-0.25, -0.2) is 8.42 Å². The second-order valence-corrected chi connectivity index (χ2v) is 8.36. The van der Waals surface area contributed by atoms with Gasteiger partial charge in [0.1, 0.15) is 5.75 Å². The Morgan fingerprint density at radius 3 is 2.46 bits per heavy atom. The number of rotatable bonds is 5. The fraction of sp³-hybridized carbons (Fsp3) is 0.368. The Morgan fingerprint density at radius 2 is 1.83 bits per heavy atom. The molecule has 1 aliphatic carbocycles. The minimum Gasteiger partial charge on any atom is -0.496 e. The first kappa shape index (κ1) is 16.8. The number of hydrogen-bond donors (Lipinski definition) is 1. The summed E-state index contributed by atoms with van der Waals surface area (Å²) in [6.45, 7) is 2.11. The molecule has 0 amide bonds. The van der Waals surface area contributed by atoms with E-state index in [0.717, 1.165) is 30.4 Å². The van der Waals surface area contributed by atoms with Crippen molar-refractivity contribution < 1.29 is 13.2 Å². The lowest BCUT2D eigenvalue weighted by atomic mass is 9.68. The minimum absolute atomic E-state index is 0.395. The van der Waals surface area contributed by atoms with Gasteiger partial charge in [0.05, 0.1) is 13.4 Å². The highest BCUT2D eigenvalue weighted by atomic mass is 32.2. The van der Waals surface area contributed by atoms with Crippen molar-refractivity contribution in [2.45, 2.75) is 31.6 Å². The van der Waals surface area contributed by atoms with Crippen molar-refractivity contribution in [3.63, 3.8) is 0 Å². The molecule has 1 aliphatic rings. The van der Waals surface area contributed by atoms with Crippen LogP contribution >= 0.6 is 0 Å². The summed E-state index contributed by atoms with van der Waals surface area (Å²) in [7, 11) is -1.63. The summed E-state index contributed by atoms with van der Waals surface area (Å²) >= 11 is 0. The molecule has 4 nitrogen and oxygen atoms in total. The highest BCUT2D eigenvalue weighted by Crippen LogP contribution is 2.50. The second-order valence-electron chi connectivity index (χ2n) is 6.61. The molecule has 0 atom stereocenters. The third-order valence-electron chi connectivity index (χ3n) is 4.62. The van der Waals surface area contributed by atoms with Gasteiger partial charge in [-0.15, -0.1) is 0 Å². The van der Waals surface area contributed by atoms with E-state index in [9.17, 15) is 8.42 Å². The Hall–Kier alpha value is -2.01. The molecule has 3 rings (SSSR count). The van der Waals surface area contributed by atoms with E-state index >= 15 is 0 Å². The molecule has 128 valence electrons. The molecule has 1 saturated carbocycles. The predicted octanol–water partition coefficient (Wildman–Crippen LogP) is 4.04. The summed E-state index contributed by atoms with van der Waals surface area (Å²) in [6.07, 6.45) is 3.28. The molecule has 2 aromatic carbocycles. The van der Waals surface area contributed by atoms with Crippen molar-refractivity contribution >= 4 is 15.7 Å². The zero-order valence-corrected chi connectivity index (χ0v) is 15.1. The molecule has 24 heavy (non-hydrogen) atoms. The lowest BCUT2D eigenvalue weighted by Gasteiger charge is -2.37. The van der Waals surface area contributed by atoms with E-state index in [-0.39, 0.29) is 0 Å². The van der Waals surface area contributed by atoms with E-state index in [4.69, 9.17) is 4.74 Å². The first-order valence-electron chi connectivity index (χ1n) is 8.08. The molecule has 0 aliphatic heterocycles. The number of nitrogens with one attached hydrogen (secondary N) is 1. The molecular formula is C19H23NO3S. The van der Waals surface area contributed by atoms with E-state index in [1.165, 1.54) is 11.1 Å². The monoisotopic (exact) mass is 345 g/mol. The van der Waals surface area contributed by atoms with Gasteiger partial charge in [-0.1, -0.05) is 29.8 Å². The van der Waals surface area contributed by atoms with Crippen LogP contribution < -0.4 is 9.46 Å². The number of hydrogen-bond acceptors (Lipinski definition) is 3. The molecule has 0 heterocycles. The van der Waals surface area contributed by atoms with Gasteiger partial charge in [0.2, 0.25) is 10.0 Å². The molecule has 0 saturated heterocycles. The van der Waals surface area contributed by atoms with Gasteiger partial charge in [0.15, 0.2) is 0 Å². The van der Waals surface area contributed by atoms with E-state index in [0.29, 0.717) is 17.5 Å². The summed E-state index contributed by atoms with van der Waals surface area (Å²) in [5, 5.41) is 0. The smallest absolute Gasteiger partial charge is 0.229 e. The number of sulfonamides is 1. The standard InChI is InChI=1S/C19H23NO3S/c1-13-5-4-6-14(9-13)15-10-16(11-15)18-12-17(20-24(3,21)22)7-8-19(18)23-2/h4-9,12,15-16,20H,10-11H2,1-3H3. The number of ether oxygens (including phenoxy) is 1. The van der Waals surface area contributed by atoms with E-state index in [1.807, 2.05) is 12.1 Å². The van der Waals surface area contributed by atoms with Crippen LogP contribution in [0.15, 0.2) is 42.5 Å². The number of aryl methyl sites for hydroxylation is 1. The number of benzene rings is 2. The molecule has 0 bridgehead atoms. The van der Waals surface area contributed by atoms with Crippen molar-refractivity contribution in [1.82, 2.24) is 0 Å². The Morgan fingerprint density at radius 1 is 1.08 bits per heavy atom. The third-order valence-corrected chi connectivity index (χ3v) is 5.23. The van der Waals surface area contributed by atoms with Gasteiger partial charge < -0.3 is 4.74 Å². The van der Waals surface area contributed by atoms with Gasteiger partial charge in [-0.2, -0.15) is 0 Å². The maximum absolute atomic E-state index is 11.4. The lowest BCUT2D eigenvalue weighted by molar-refractivity contribution is 0.333. The van der Waals surface area contributed by atoms with Crippen LogP contribution in [0.2, 0.25) is 0 Å². The Balaban J connectivity index is 1.79. The van der Waals surface area contributed by atoms with Gasteiger partial charge in [0, 0.05) is 5.69 Å². The fourth-order valence-electron chi connectivity index (χ4n) is 3.40. The van der Waals surface area contributed by atoms with E-state index in [1.54, 1.807) is 13.2 Å². The van der Waals surface area contributed by atoms with Gasteiger partial charge >= 0.3 is 0 Å². The van der Waals surface area contributed by atoms with Crippen LogP contribution in [0.3, 0.4) is 0 Å².